The fraction of sp³-hybridized carbons (Fsp3) is 0. The molecular formula is C29H18N2O. The summed E-state index contributed by atoms with van der Waals surface area (Å²) >= 11 is 0. The number of fused-ring (bicyclic) bond motifs is 4. The van der Waals surface area contributed by atoms with Crippen LogP contribution in [0.25, 0.3) is 44.1 Å². The lowest BCUT2D eigenvalue weighted by atomic mass is 10.0. The van der Waals surface area contributed by atoms with Gasteiger partial charge in [-0.3, -0.25) is 4.90 Å². The number of nitrogens with zero attached hydrogens (tertiary/aromatic N) is 2. The van der Waals surface area contributed by atoms with Crippen LogP contribution >= 0.6 is 0 Å². The molecule has 0 fully saturated rings. The molecule has 7 rings (SSSR count). The van der Waals surface area contributed by atoms with Crippen molar-refractivity contribution in [2.24, 2.45) is 0 Å². The van der Waals surface area contributed by atoms with Crippen molar-refractivity contribution in [1.29, 1.82) is 0 Å². The summed E-state index contributed by atoms with van der Waals surface area (Å²) in [5.41, 5.74) is 8.74. The molecule has 0 radical (unpaired) electrons. The second-order valence-corrected chi connectivity index (χ2v) is 8.07. The normalized spacial score (nSPS) is 11.8. The van der Waals surface area contributed by atoms with Gasteiger partial charge >= 0.3 is 6.01 Å². The van der Waals surface area contributed by atoms with Gasteiger partial charge in [0.1, 0.15) is 5.52 Å². The third kappa shape index (κ3) is 2.45. The highest BCUT2D eigenvalue weighted by Crippen LogP contribution is 2.49. The number of rotatable bonds is 3. The molecular weight excluding hydrogens is 392 g/mol. The molecule has 5 aromatic carbocycles. The Balaban J connectivity index is 1.46. The predicted molar refractivity (Wildman–Crippen MR) is 131 cm³/mol. The fourth-order valence-corrected chi connectivity index (χ4v) is 4.82. The third-order valence-corrected chi connectivity index (χ3v) is 6.23. The summed E-state index contributed by atoms with van der Waals surface area (Å²) in [6.45, 7) is 0. The zero-order valence-corrected chi connectivity index (χ0v) is 17.2. The number of hydrogen-bond donors (Lipinski definition) is 0. The molecule has 1 aromatic heterocycles. The molecule has 0 amide bonds. The quantitative estimate of drug-likeness (QED) is 0.295. The van der Waals surface area contributed by atoms with E-state index in [-0.39, 0.29) is 0 Å². The Hall–Kier alpha value is -4.37. The summed E-state index contributed by atoms with van der Waals surface area (Å²) < 4.78 is 6.19. The van der Waals surface area contributed by atoms with E-state index in [1.165, 1.54) is 33.0 Å². The van der Waals surface area contributed by atoms with Crippen LogP contribution in [0.1, 0.15) is 0 Å². The van der Waals surface area contributed by atoms with Crippen LogP contribution in [0.3, 0.4) is 0 Å². The Morgan fingerprint density at radius 2 is 1.31 bits per heavy atom. The lowest BCUT2D eigenvalue weighted by Crippen LogP contribution is -2.10. The van der Waals surface area contributed by atoms with E-state index in [0.717, 1.165) is 22.5 Å². The molecule has 6 aromatic rings. The number of benzene rings is 5. The molecule has 0 saturated carbocycles. The standard InChI is InChI=1S/C29H18N2O/c1-2-10-20(11-3-1)31(29-30-26-14-4-5-15-27(26)32-29)21-16-17-22-23-12-6-8-19-9-7-13-24(28(19)23)25(22)18-21/h1-18H. The SMILES string of the molecule is c1ccc(N(c2ccc3c(c2)-c2cccc4cccc-3c24)c2nc3ccccc3o2)cc1. The van der Waals surface area contributed by atoms with Crippen molar-refractivity contribution in [3.8, 4) is 22.3 Å². The Labute approximate surface area is 185 Å². The number of hydrogen-bond acceptors (Lipinski definition) is 3. The van der Waals surface area contributed by atoms with Crippen LogP contribution in [-0.4, -0.2) is 4.98 Å². The summed E-state index contributed by atoms with van der Waals surface area (Å²) in [5, 5.41) is 2.60. The average Bonchev–Trinajstić information content (AvgIpc) is 3.41. The molecule has 3 nitrogen and oxygen atoms in total. The first-order valence-electron chi connectivity index (χ1n) is 10.7. The molecule has 0 spiro atoms. The fourth-order valence-electron chi connectivity index (χ4n) is 4.82. The van der Waals surface area contributed by atoms with Crippen LogP contribution in [0, 0.1) is 0 Å². The number of oxazole rings is 1. The molecule has 0 bridgehead atoms. The molecule has 0 N–H and O–H groups in total. The van der Waals surface area contributed by atoms with Gasteiger partial charge < -0.3 is 4.42 Å². The average molecular weight is 410 g/mol. The van der Waals surface area contributed by atoms with E-state index in [4.69, 9.17) is 9.40 Å². The monoisotopic (exact) mass is 410 g/mol. The van der Waals surface area contributed by atoms with Crippen molar-refractivity contribution in [3.05, 3.63) is 109 Å². The highest BCUT2D eigenvalue weighted by Gasteiger charge is 2.24. The van der Waals surface area contributed by atoms with Gasteiger partial charge in [-0.1, -0.05) is 72.8 Å². The molecule has 1 aliphatic carbocycles. The van der Waals surface area contributed by atoms with Gasteiger partial charge in [0.05, 0.1) is 11.4 Å². The van der Waals surface area contributed by atoms with Crippen LogP contribution in [-0.2, 0) is 0 Å². The van der Waals surface area contributed by atoms with E-state index in [2.05, 4.69) is 71.6 Å². The summed E-state index contributed by atoms with van der Waals surface area (Å²) in [6.07, 6.45) is 0. The zero-order chi connectivity index (χ0) is 21.1. The van der Waals surface area contributed by atoms with Crippen molar-refractivity contribution in [1.82, 2.24) is 4.98 Å². The Bertz CT molecular complexity index is 1590. The number of anilines is 3. The second kappa shape index (κ2) is 6.56. The van der Waals surface area contributed by atoms with Gasteiger partial charge in [-0.15, -0.1) is 0 Å². The van der Waals surface area contributed by atoms with Gasteiger partial charge in [0.2, 0.25) is 0 Å². The molecule has 0 unspecified atom stereocenters. The predicted octanol–water partition coefficient (Wildman–Crippen LogP) is 8.10. The molecule has 1 aliphatic rings. The van der Waals surface area contributed by atoms with Crippen molar-refractivity contribution < 1.29 is 4.42 Å². The summed E-state index contributed by atoms with van der Waals surface area (Å²) in [6, 6.07) is 38.4. The Morgan fingerprint density at radius 1 is 0.562 bits per heavy atom. The Kier molecular flexibility index (Phi) is 3.55. The third-order valence-electron chi connectivity index (χ3n) is 6.23. The van der Waals surface area contributed by atoms with Gasteiger partial charge in [0, 0.05) is 0 Å². The minimum atomic E-state index is 0.561. The van der Waals surface area contributed by atoms with Gasteiger partial charge in [-0.05, 0) is 69.4 Å². The molecule has 0 atom stereocenters. The zero-order valence-electron chi connectivity index (χ0n) is 17.2. The van der Waals surface area contributed by atoms with E-state index in [9.17, 15) is 0 Å². The van der Waals surface area contributed by atoms with Crippen LogP contribution in [0.5, 0.6) is 0 Å². The maximum Gasteiger partial charge on any atom is 0.307 e. The summed E-state index contributed by atoms with van der Waals surface area (Å²) in [4.78, 5) is 6.88. The summed E-state index contributed by atoms with van der Waals surface area (Å²) in [5.74, 6) is 0. The second-order valence-electron chi connectivity index (χ2n) is 8.07. The van der Waals surface area contributed by atoms with Gasteiger partial charge in [-0.25, -0.2) is 0 Å². The van der Waals surface area contributed by atoms with E-state index in [1.807, 2.05) is 42.5 Å². The van der Waals surface area contributed by atoms with Crippen LogP contribution in [0.4, 0.5) is 17.4 Å². The molecule has 32 heavy (non-hydrogen) atoms. The number of aromatic nitrogens is 1. The molecule has 3 heteroatoms. The maximum absolute atomic E-state index is 6.19. The molecule has 0 aliphatic heterocycles. The molecule has 0 saturated heterocycles. The molecule has 150 valence electrons. The highest BCUT2D eigenvalue weighted by molar-refractivity contribution is 6.15. The lowest BCUT2D eigenvalue weighted by molar-refractivity contribution is 0.608. The van der Waals surface area contributed by atoms with Gasteiger partial charge in [0.15, 0.2) is 5.58 Å². The first-order chi connectivity index (χ1) is 15.9. The summed E-state index contributed by atoms with van der Waals surface area (Å²) in [7, 11) is 0. The van der Waals surface area contributed by atoms with E-state index >= 15 is 0 Å². The van der Waals surface area contributed by atoms with E-state index in [0.29, 0.717) is 6.01 Å². The van der Waals surface area contributed by atoms with Crippen molar-refractivity contribution in [3.63, 3.8) is 0 Å². The lowest BCUT2D eigenvalue weighted by Gasteiger charge is -2.22. The van der Waals surface area contributed by atoms with E-state index < -0.39 is 0 Å². The molecule has 1 heterocycles. The van der Waals surface area contributed by atoms with Crippen molar-refractivity contribution in [2.45, 2.75) is 0 Å². The highest BCUT2D eigenvalue weighted by atomic mass is 16.4. The first-order valence-corrected chi connectivity index (χ1v) is 10.7. The maximum atomic E-state index is 6.19. The van der Waals surface area contributed by atoms with Crippen LogP contribution in [0.15, 0.2) is 114 Å². The van der Waals surface area contributed by atoms with Crippen LogP contribution in [0.2, 0.25) is 0 Å². The van der Waals surface area contributed by atoms with Crippen molar-refractivity contribution in [2.75, 3.05) is 4.90 Å². The minimum Gasteiger partial charge on any atom is -0.423 e. The van der Waals surface area contributed by atoms with Gasteiger partial charge in [-0.2, -0.15) is 4.98 Å². The van der Waals surface area contributed by atoms with Crippen molar-refractivity contribution >= 4 is 39.3 Å². The van der Waals surface area contributed by atoms with Gasteiger partial charge in [0.25, 0.3) is 0 Å². The Morgan fingerprint density at radius 3 is 2.12 bits per heavy atom. The van der Waals surface area contributed by atoms with E-state index in [1.54, 1.807) is 0 Å². The smallest absolute Gasteiger partial charge is 0.307 e. The van der Waals surface area contributed by atoms with Crippen LogP contribution < -0.4 is 4.90 Å². The number of para-hydroxylation sites is 3. The largest absolute Gasteiger partial charge is 0.423 e. The first kappa shape index (κ1) is 17.3. The topological polar surface area (TPSA) is 29.3 Å². The minimum absolute atomic E-state index is 0.561.